The Balaban J connectivity index is 1.83. The molecule has 0 saturated carbocycles. The Morgan fingerprint density at radius 1 is 0.690 bits per heavy atom. The average molecular weight is 377 g/mol. The largest absolute Gasteiger partial charge is 0.310 e. The van der Waals surface area contributed by atoms with Crippen molar-refractivity contribution in [2.24, 2.45) is 0 Å². The second-order valence-corrected chi connectivity index (χ2v) is 7.24. The number of aromatic nitrogens is 3. The monoisotopic (exact) mass is 377 g/mol. The van der Waals surface area contributed by atoms with Gasteiger partial charge in [0, 0.05) is 23.9 Å². The molecule has 29 heavy (non-hydrogen) atoms. The van der Waals surface area contributed by atoms with Crippen molar-refractivity contribution in [2.75, 3.05) is 0 Å². The summed E-state index contributed by atoms with van der Waals surface area (Å²) in [6.45, 7) is 3.14. The van der Waals surface area contributed by atoms with Gasteiger partial charge in [-0.2, -0.15) is 0 Å². The normalized spacial score (nSPS) is 11.2. The summed E-state index contributed by atoms with van der Waals surface area (Å²) in [4.78, 5) is 5.15. The maximum atomic E-state index is 5.15. The molecule has 0 radical (unpaired) electrons. The molecule has 3 aromatic carbocycles. The van der Waals surface area contributed by atoms with Crippen LogP contribution >= 0.6 is 0 Å². The van der Waals surface area contributed by atoms with Crippen LogP contribution in [-0.2, 0) is 6.54 Å². The third-order valence-corrected chi connectivity index (χ3v) is 5.29. The summed E-state index contributed by atoms with van der Waals surface area (Å²) in [5.41, 5.74) is 6.89. The lowest BCUT2D eigenvalue weighted by molar-refractivity contribution is 0.700. The Labute approximate surface area is 170 Å². The van der Waals surface area contributed by atoms with E-state index in [1.165, 1.54) is 16.8 Å². The van der Waals surface area contributed by atoms with Crippen LogP contribution in [0.3, 0.4) is 0 Å². The first kappa shape index (κ1) is 17.5. The smallest absolute Gasteiger partial charge is 0.215 e. The molecule has 5 rings (SSSR count). The van der Waals surface area contributed by atoms with Crippen LogP contribution in [0.2, 0.25) is 0 Å². The number of aryl methyl sites for hydroxylation is 1. The summed E-state index contributed by atoms with van der Waals surface area (Å²) < 4.78 is 4.60. The highest BCUT2D eigenvalue weighted by molar-refractivity contribution is 5.82. The molecule has 0 spiro atoms. The van der Waals surface area contributed by atoms with Crippen molar-refractivity contribution in [1.29, 1.82) is 0 Å². The minimum Gasteiger partial charge on any atom is -0.310 e. The van der Waals surface area contributed by atoms with E-state index in [1.54, 1.807) is 0 Å². The lowest BCUT2D eigenvalue weighted by atomic mass is 10.0. The van der Waals surface area contributed by atoms with Gasteiger partial charge in [0.15, 0.2) is 0 Å². The highest BCUT2D eigenvalue weighted by Gasteiger charge is 2.21. The number of nitrogens with zero attached hydrogens (tertiary/aromatic N) is 3. The van der Waals surface area contributed by atoms with Gasteiger partial charge in [-0.1, -0.05) is 97.9 Å². The first-order chi connectivity index (χ1) is 14.4. The van der Waals surface area contributed by atoms with Crippen LogP contribution in [0.1, 0.15) is 13.3 Å². The van der Waals surface area contributed by atoms with Crippen molar-refractivity contribution >= 4 is 5.78 Å². The van der Waals surface area contributed by atoms with E-state index in [2.05, 4.69) is 107 Å². The van der Waals surface area contributed by atoms with E-state index in [4.69, 9.17) is 4.98 Å². The SMILES string of the molecule is CCCn1c(-c2ccccc2)cn2c(-c3ccccc3)c(-c3ccccc3)nc12. The molecule has 3 heteroatoms. The third-order valence-electron chi connectivity index (χ3n) is 5.29. The Bertz CT molecular complexity index is 1230. The first-order valence-corrected chi connectivity index (χ1v) is 10.1. The van der Waals surface area contributed by atoms with Crippen molar-refractivity contribution in [1.82, 2.24) is 14.0 Å². The van der Waals surface area contributed by atoms with Gasteiger partial charge >= 0.3 is 0 Å². The lowest BCUT2D eigenvalue weighted by Gasteiger charge is -2.07. The zero-order chi connectivity index (χ0) is 19.6. The van der Waals surface area contributed by atoms with Gasteiger partial charge in [-0.15, -0.1) is 0 Å². The number of imidazole rings is 2. The van der Waals surface area contributed by atoms with Gasteiger partial charge < -0.3 is 4.57 Å². The molecule has 0 aliphatic heterocycles. The summed E-state index contributed by atoms with van der Waals surface area (Å²) in [5, 5.41) is 0. The lowest BCUT2D eigenvalue weighted by Crippen LogP contribution is -2.00. The van der Waals surface area contributed by atoms with E-state index in [0.717, 1.165) is 35.7 Å². The standard InChI is InChI=1S/C26H23N3/c1-2-18-28-23(20-12-6-3-7-13-20)19-29-25(22-16-10-5-11-17-22)24(27-26(28)29)21-14-8-4-9-15-21/h3-17,19H,2,18H2,1H3. The fourth-order valence-electron chi connectivity index (χ4n) is 3.99. The molecule has 5 aromatic rings. The fraction of sp³-hybridized carbons (Fsp3) is 0.115. The van der Waals surface area contributed by atoms with Gasteiger partial charge in [-0.3, -0.25) is 4.40 Å². The number of benzene rings is 3. The molecule has 0 aliphatic rings. The molecular formula is C26H23N3. The summed E-state index contributed by atoms with van der Waals surface area (Å²) in [5.74, 6) is 0.989. The van der Waals surface area contributed by atoms with Crippen molar-refractivity contribution in [3.8, 4) is 33.8 Å². The Morgan fingerprint density at radius 3 is 1.83 bits per heavy atom. The Kier molecular flexibility index (Phi) is 4.49. The van der Waals surface area contributed by atoms with Crippen molar-refractivity contribution in [3.05, 3.63) is 97.2 Å². The summed E-state index contributed by atoms with van der Waals surface area (Å²) in [7, 11) is 0. The minimum absolute atomic E-state index is 0.931. The van der Waals surface area contributed by atoms with Gasteiger partial charge in [0.1, 0.15) is 0 Å². The zero-order valence-corrected chi connectivity index (χ0v) is 16.5. The van der Waals surface area contributed by atoms with Gasteiger partial charge in [0.05, 0.1) is 17.1 Å². The van der Waals surface area contributed by atoms with Crippen LogP contribution in [0.25, 0.3) is 39.5 Å². The predicted molar refractivity (Wildman–Crippen MR) is 120 cm³/mol. The molecule has 0 saturated heterocycles. The average Bonchev–Trinajstić information content (AvgIpc) is 3.33. The molecule has 2 aromatic heterocycles. The first-order valence-electron chi connectivity index (χ1n) is 10.1. The zero-order valence-electron chi connectivity index (χ0n) is 16.5. The van der Waals surface area contributed by atoms with E-state index < -0.39 is 0 Å². The summed E-state index contributed by atoms with van der Waals surface area (Å²) in [6, 6.07) is 31.6. The Hall–Kier alpha value is -3.59. The van der Waals surface area contributed by atoms with Crippen molar-refractivity contribution in [2.45, 2.75) is 19.9 Å². The topological polar surface area (TPSA) is 22.2 Å². The van der Waals surface area contributed by atoms with Crippen LogP contribution in [0.5, 0.6) is 0 Å². The van der Waals surface area contributed by atoms with Crippen LogP contribution in [0, 0.1) is 0 Å². The molecule has 0 amide bonds. The maximum Gasteiger partial charge on any atom is 0.215 e. The summed E-state index contributed by atoms with van der Waals surface area (Å²) in [6.07, 6.45) is 3.29. The van der Waals surface area contributed by atoms with Gasteiger partial charge in [-0.05, 0) is 12.0 Å². The van der Waals surface area contributed by atoms with Crippen LogP contribution < -0.4 is 0 Å². The molecule has 0 fully saturated rings. The maximum absolute atomic E-state index is 5.15. The van der Waals surface area contributed by atoms with Crippen LogP contribution in [0.15, 0.2) is 97.2 Å². The van der Waals surface area contributed by atoms with Gasteiger partial charge in [0.2, 0.25) is 5.78 Å². The van der Waals surface area contributed by atoms with Gasteiger partial charge in [0.25, 0.3) is 0 Å². The van der Waals surface area contributed by atoms with E-state index in [1.807, 2.05) is 6.07 Å². The molecule has 0 aliphatic carbocycles. The highest BCUT2D eigenvalue weighted by Crippen LogP contribution is 2.35. The minimum atomic E-state index is 0.931. The second-order valence-electron chi connectivity index (χ2n) is 7.24. The van der Waals surface area contributed by atoms with Crippen LogP contribution in [-0.4, -0.2) is 14.0 Å². The predicted octanol–water partition coefficient (Wildman–Crippen LogP) is 6.55. The fourth-order valence-corrected chi connectivity index (χ4v) is 3.99. The van der Waals surface area contributed by atoms with Crippen molar-refractivity contribution in [3.63, 3.8) is 0 Å². The molecule has 0 N–H and O–H groups in total. The number of hydrogen-bond donors (Lipinski definition) is 0. The van der Waals surface area contributed by atoms with Gasteiger partial charge in [-0.25, -0.2) is 4.98 Å². The van der Waals surface area contributed by atoms with Crippen molar-refractivity contribution < 1.29 is 0 Å². The van der Waals surface area contributed by atoms with E-state index in [0.29, 0.717) is 0 Å². The van der Waals surface area contributed by atoms with E-state index in [9.17, 15) is 0 Å². The number of fused-ring (bicyclic) bond motifs is 1. The summed E-state index contributed by atoms with van der Waals surface area (Å²) >= 11 is 0. The highest BCUT2D eigenvalue weighted by atomic mass is 15.2. The third kappa shape index (κ3) is 3.05. The molecule has 2 heterocycles. The second kappa shape index (κ2) is 7.44. The Morgan fingerprint density at radius 2 is 1.24 bits per heavy atom. The van der Waals surface area contributed by atoms with E-state index >= 15 is 0 Å². The molecule has 0 bridgehead atoms. The molecular weight excluding hydrogens is 354 g/mol. The van der Waals surface area contributed by atoms with Crippen LogP contribution in [0.4, 0.5) is 0 Å². The molecule has 0 atom stereocenters. The quantitative estimate of drug-likeness (QED) is 0.340. The molecule has 142 valence electrons. The number of rotatable bonds is 5. The van der Waals surface area contributed by atoms with E-state index in [-0.39, 0.29) is 0 Å². The molecule has 3 nitrogen and oxygen atoms in total. The molecule has 0 unspecified atom stereocenters. The number of hydrogen-bond acceptors (Lipinski definition) is 1.